The zero-order valence-corrected chi connectivity index (χ0v) is 13.8. The number of rotatable bonds is 3. The largest absolute Gasteiger partial charge is 0.373 e. The Labute approximate surface area is 133 Å². The van der Waals surface area contributed by atoms with Crippen molar-refractivity contribution in [3.05, 3.63) is 34.9 Å². The minimum atomic E-state index is -0.0497. The quantitative estimate of drug-likeness (QED) is 0.926. The third-order valence-electron chi connectivity index (χ3n) is 3.88. The van der Waals surface area contributed by atoms with Gasteiger partial charge in [0.1, 0.15) is 0 Å². The molecule has 1 saturated heterocycles. The summed E-state index contributed by atoms with van der Waals surface area (Å²) in [6, 6.07) is 6.19. The van der Waals surface area contributed by atoms with Gasteiger partial charge >= 0.3 is 0 Å². The van der Waals surface area contributed by atoms with E-state index in [1.807, 2.05) is 25.7 Å². The lowest BCUT2D eigenvalue weighted by Gasteiger charge is -2.35. The van der Waals surface area contributed by atoms with E-state index in [0.29, 0.717) is 26.1 Å². The molecular weight excluding hydrogens is 288 g/mol. The Balaban J connectivity index is 0.00000220. The van der Waals surface area contributed by atoms with Crippen LogP contribution >= 0.6 is 12.4 Å². The standard InChI is InChI=1S/C16H24N2O2.ClH/c1-11-4-5-12(2)14(8-11)9-16(19)18-6-7-20-15(10-18)13(3)17;/h4-5,8,13,15H,6-7,9-10,17H2,1-3H3;1H. The smallest absolute Gasteiger partial charge is 0.227 e. The van der Waals surface area contributed by atoms with E-state index in [9.17, 15) is 4.79 Å². The van der Waals surface area contributed by atoms with Crippen molar-refractivity contribution >= 4 is 18.3 Å². The fourth-order valence-electron chi connectivity index (χ4n) is 2.49. The van der Waals surface area contributed by atoms with Crippen LogP contribution < -0.4 is 5.73 Å². The summed E-state index contributed by atoms with van der Waals surface area (Å²) in [6.45, 7) is 7.85. The van der Waals surface area contributed by atoms with Gasteiger partial charge < -0.3 is 15.4 Å². The molecule has 21 heavy (non-hydrogen) atoms. The second-order valence-electron chi connectivity index (χ2n) is 5.71. The summed E-state index contributed by atoms with van der Waals surface area (Å²) in [5, 5.41) is 0. The van der Waals surface area contributed by atoms with Crippen LogP contribution in [0.5, 0.6) is 0 Å². The SMILES string of the molecule is Cc1ccc(C)c(CC(=O)N2CCOC(C(C)N)C2)c1.Cl. The molecule has 2 atom stereocenters. The van der Waals surface area contributed by atoms with E-state index in [1.165, 1.54) is 11.1 Å². The number of carbonyl (C=O) groups excluding carboxylic acids is 1. The van der Waals surface area contributed by atoms with Crippen LogP contribution in [0.2, 0.25) is 0 Å². The predicted molar refractivity (Wildman–Crippen MR) is 86.8 cm³/mol. The van der Waals surface area contributed by atoms with E-state index in [-0.39, 0.29) is 30.5 Å². The van der Waals surface area contributed by atoms with Gasteiger partial charge in [0, 0.05) is 19.1 Å². The van der Waals surface area contributed by atoms with E-state index in [4.69, 9.17) is 10.5 Å². The van der Waals surface area contributed by atoms with Gasteiger partial charge in [-0.15, -0.1) is 12.4 Å². The Bertz CT molecular complexity index is 491. The van der Waals surface area contributed by atoms with Gasteiger partial charge in [-0.05, 0) is 31.9 Å². The Morgan fingerprint density at radius 3 is 2.86 bits per heavy atom. The lowest BCUT2D eigenvalue weighted by atomic mass is 10.0. The van der Waals surface area contributed by atoms with Crippen molar-refractivity contribution in [3.8, 4) is 0 Å². The molecule has 0 aromatic heterocycles. The summed E-state index contributed by atoms with van der Waals surface area (Å²) in [4.78, 5) is 14.3. The summed E-state index contributed by atoms with van der Waals surface area (Å²) in [6.07, 6.45) is 0.408. The van der Waals surface area contributed by atoms with Gasteiger partial charge in [-0.25, -0.2) is 0 Å². The van der Waals surface area contributed by atoms with Crippen molar-refractivity contribution in [2.45, 2.75) is 39.3 Å². The molecule has 1 aliphatic rings. The molecule has 1 aliphatic heterocycles. The molecule has 0 aliphatic carbocycles. The number of morpholine rings is 1. The van der Waals surface area contributed by atoms with Crippen molar-refractivity contribution in [2.24, 2.45) is 5.73 Å². The first-order valence-electron chi connectivity index (χ1n) is 7.18. The van der Waals surface area contributed by atoms with Crippen LogP contribution in [-0.2, 0) is 16.0 Å². The third kappa shape index (κ3) is 4.70. The Hall–Kier alpha value is -1.10. The Morgan fingerprint density at radius 2 is 2.19 bits per heavy atom. The maximum atomic E-state index is 12.4. The first-order chi connectivity index (χ1) is 9.47. The van der Waals surface area contributed by atoms with Crippen LogP contribution in [0.15, 0.2) is 18.2 Å². The van der Waals surface area contributed by atoms with Crippen molar-refractivity contribution < 1.29 is 9.53 Å². The van der Waals surface area contributed by atoms with E-state index < -0.39 is 0 Å². The molecule has 1 heterocycles. The summed E-state index contributed by atoms with van der Waals surface area (Å²) < 4.78 is 5.59. The van der Waals surface area contributed by atoms with Gasteiger partial charge in [0.05, 0.1) is 19.1 Å². The number of hydrogen-bond acceptors (Lipinski definition) is 3. The maximum Gasteiger partial charge on any atom is 0.227 e. The number of halogens is 1. The molecule has 0 saturated carbocycles. The number of nitrogens with zero attached hydrogens (tertiary/aromatic N) is 1. The first-order valence-corrected chi connectivity index (χ1v) is 7.18. The van der Waals surface area contributed by atoms with E-state index in [2.05, 4.69) is 18.2 Å². The second kappa shape index (κ2) is 7.78. The lowest BCUT2D eigenvalue weighted by Crippen LogP contribution is -2.51. The minimum Gasteiger partial charge on any atom is -0.373 e. The van der Waals surface area contributed by atoms with Gasteiger partial charge in [-0.1, -0.05) is 23.8 Å². The van der Waals surface area contributed by atoms with Crippen LogP contribution in [0.3, 0.4) is 0 Å². The third-order valence-corrected chi connectivity index (χ3v) is 3.88. The molecule has 1 fully saturated rings. The molecule has 1 amide bonds. The van der Waals surface area contributed by atoms with Crippen molar-refractivity contribution in [1.82, 2.24) is 4.90 Å². The van der Waals surface area contributed by atoms with Gasteiger partial charge in [-0.3, -0.25) is 4.79 Å². The summed E-state index contributed by atoms with van der Waals surface area (Å²) >= 11 is 0. The number of ether oxygens (including phenoxy) is 1. The first kappa shape index (κ1) is 18.0. The molecule has 0 bridgehead atoms. The highest BCUT2D eigenvalue weighted by Gasteiger charge is 2.26. The van der Waals surface area contributed by atoms with Crippen LogP contribution in [0.25, 0.3) is 0 Å². The number of amides is 1. The second-order valence-corrected chi connectivity index (χ2v) is 5.71. The number of aryl methyl sites for hydroxylation is 2. The molecular formula is C16H25ClN2O2. The average Bonchev–Trinajstić information content (AvgIpc) is 2.43. The molecule has 118 valence electrons. The van der Waals surface area contributed by atoms with Gasteiger partial charge in [-0.2, -0.15) is 0 Å². The highest BCUT2D eigenvalue weighted by molar-refractivity contribution is 5.85. The molecule has 1 aromatic rings. The van der Waals surface area contributed by atoms with Crippen molar-refractivity contribution in [2.75, 3.05) is 19.7 Å². The van der Waals surface area contributed by atoms with Crippen LogP contribution in [0.1, 0.15) is 23.6 Å². The highest BCUT2D eigenvalue weighted by atomic mass is 35.5. The van der Waals surface area contributed by atoms with Crippen molar-refractivity contribution in [3.63, 3.8) is 0 Å². The number of hydrogen-bond donors (Lipinski definition) is 1. The number of benzene rings is 1. The monoisotopic (exact) mass is 312 g/mol. The zero-order chi connectivity index (χ0) is 14.7. The van der Waals surface area contributed by atoms with Crippen LogP contribution in [0.4, 0.5) is 0 Å². The normalized spacial score (nSPS) is 19.8. The summed E-state index contributed by atoms with van der Waals surface area (Å²) in [5.74, 6) is 0.160. The van der Waals surface area contributed by atoms with Gasteiger partial charge in [0.25, 0.3) is 0 Å². The van der Waals surface area contributed by atoms with Crippen LogP contribution in [-0.4, -0.2) is 42.6 Å². The average molecular weight is 313 g/mol. The molecule has 0 spiro atoms. The molecule has 2 unspecified atom stereocenters. The molecule has 2 rings (SSSR count). The van der Waals surface area contributed by atoms with Gasteiger partial charge in [0.15, 0.2) is 0 Å². The summed E-state index contributed by atoms with van der Waals surface area (Å²) in [5.41, 5.74) is 9.33. The van der Waals surface area contributed by atoms with E-state index >= 15 is 0 Å². The molecule has 2 N–H and O–H groups in total. The van der Waals surface area contributed by atoms with Crippen molar-refractivity contribution in [1.29, 1.82) is 0 Å². The fraction of sp³-hybridized carbons (Fsp3) is 0.562. The summed E-state index contributed by atoms with van der Waals surface area (Å²) in [7, 11) is 0. The predicted octanol–water partition coefficient (Wildman–Crippen LogP) is 1.84. The Kier molecular flexibility index (Phi) is 6.65. The molecule has 5 heteroatoms. The molecule has 4 nitrogen and oxygen atoms in total. The molecule has 0 radical (unpaired) electrons. The maximum absolute atomic E-state index is 12.4. The number of carbonyl (C=O) groups is 1. The molecule has 1 aromatic carbocycles. The Morgan fingerprint density at radius 1 is 1.48 bits per heavy atom. The van der Waals surface area contributed by atoms with E-state index in [0.717, 1.165) is 5.56 Å². The van der Waals surface area contributed by atoms with E-state index in [1.54, 1.807) is 0 Å². The fourth-order valence-corrected chi connectivity index (χ4v) is 2.49. The van der Waals surface area contributed by atoms with Crippen LogP contribution in [0, 0.1) is 13.8 Å². The minimum absolute atomic E-state index is 0. The lowest BCUT2D eigenvalue weighted by molar-refractivity contribution is -0.138. The van der Waals surface area contributed by atoms with Gasteiger partial charge in [0.2, 0.25) is 5.91 Å². The topological polar surface area (TPSA) is 55.6 Å². The highest BCUT2D eigenvalue weighted by Crippen LogP contribution is 2.14. The number of nitrogens with two attached hydrogens (primary N) is 1. The zero-order valence-electron chi connectivity index (χ0n) is 13.0.